The SMILES string of the molecule is CC(C)(C)NC(=O)CNS(=O)(=O)c1ccc(Br)cc1F. The lowest BCUT2D eigenvalue weighted by molar-refractivity contribution is -0.121. The van der Waals surface area contributed by atoms with E-state index in [0.29, 0.717) is 4.47 Å². The van der Waals surface area contributed by atoms with Gasteiger partial charge in [-0.3, -0.25) is 4.79 Å². The molecule has 0 bridgehead atoms. The molecule has 0 aliphatic carbocycles. The van der Waals surface area contributed by atoms with Crippen LogP contribution in [0.3, 0.4) is 0 Å². The quantitative estimate of drug-likeness (QED) is 0.852. The van der Waals surface area contributed by atoms with Gasteiger partial charge in [-0.2, -0.15) is 0 Å². The molecule has 1 rings (SSSR count). The average Bonchev–Trinajstić information content (AvgIpc) is 2.23. The van der Waals surface area contributed by atoms with Crippen LogP contribution >= 0.6 is 15.9 Å². The van der Waals surface area contributed by atoms with Gasteiger partial charge >= 0.3 is 0 Å². The van der Waals surface area contributed by atoms with E-state index in [1.54, 1.807) is 20.8 Å². The summed E-state index contributed by atoms with van der Waals surface area (Å²) < 4.78 is 39.9. The highest BCUT2D eigenvalue weighted by molar-refractivity contribution is 9.10. The van der Waals surface area contributed by atoms with E-state index < -0.39 is 38.7 Å². The van der Waals surface area contributed by atoms with Gasteiger partial charge in [-0.05, 0) is 39.0 Å². The van der Waals surface area contributed by atoms with Crippen LogP contribution < -0.4 is 10.0 Å². The molecule has 20 heavy (non-hydrogen) atoms. The summed E-state index contributed by atoms with van der Waals surface area (Å²) >= 11 is 3.04. The number of sulfonamides is 1. The molecule has 0 atom stereocenters. The van der Waals surface area contributed by atoms with E-state index >= 15 is 0 Å². The normalized spacial score (nSPS) is 12.2. The van der Waals surface area contributed by atoms with Crippen molar-refractivity contribution in [3.8, 4) is 0 Å². The first-order valence-electron chi connectivity index (χ1n) is 5.77. The van der Waals surface area contributed by atoms with E-state index in [1.807, 2.05) is 0 Å². The number of benzene rings is 1. The van der Waals surface area contributed by atoms with Gasteiger partial charge in [0.05, 0.1) is 6.54 Å². The fraction of sp³-hybridized carbons (Fsp3) is 0.417. The van der Waals surface area contributed by atoms with E-state index in [1.165, 1.54) is 6.07 Å². The topological polar surface area (TPSA) is 75.3 Å². The van der Waals surface area contributed by atoms with Gasteiger partial charge in [-0.15, -0.1) is 0 Å². The number of carbonyl (C=O) groups is 1. The minimum atomic E-state index is -4.07. The maximum Gasteiger partial charge on any atom is 0.243 e. The molecule has 0 unspecified atom stereocenters. The minimum absolute atomic E-state index is 0.430. The van der Waals surface area contributed by atoms with Gasteiger partial charge in [0.2, 0.25) is 15.9 Å². The van der Waals surface area contributed by atoms with Crippen LogP contribution in [0.15, 0.2) is 27.6 Å². The first-order valence-corrected chi connectivity index (χ1v) is 8.04. The molecule has 0 aliphatic rings. The van der Waals surface area contributed by atoms with Crippen LogP contribution in [0.5, 0.6) is 0 Å². The summed E-state index contributed by atoms with van der Waals surface area (Å²) in [5, 5.41) is 2.60. The molecule has 0 aliphatic heterocycles. The molecule has 1 aromatic carbocycles. The second-order valence-corrected chi connectivity index (χ2v) is 7.85. The van der Waals surface area contributed by atoms with Gasteiger partial charge in [0.1, 0.15) is 10.7 Å². The molecule has 0 spiro atoms. The van der Waals surface area contributed by atoms with Gasteiger partial charge in [0.25, 0.3) is 0 Å². The van der Waals surface area contributed by atoms with E-state index in [0.717, 1.165) is 12.1 Å². The monoisotopic (exact) mass is 366 g/mol. The van der Waals surface area contributed by atoms with Crippen molar-refractivity contribution < 1.29 is 17.6 Å². The lowest BCUT2D eigenvalue weighted by Crippen LogP contribution is -2.45. The van der Waals surface area contributed by atoms with E-state index in [4.69, 9.17) is 0 Å². The summed E-state index contributed by atoms with van der Waals surface area (Å²) in [6.07, 6.45) is 0. The number of amides is 1. The Morgan fingerprint density at radius 1 is 1.35 bits per heavy atom. The predicted octanol–water partition coefficient (Wildman–Crippen LogP) is 1.78. The highest BCUT2D eigenvalue weighted by Gasteiger charge is 2.21. The summed E-state index contributed by atoms with van der Waals surface area (Å²) in [5.74, 6) is -1.37. The Kier molecular flexibility index (Phi) is 5.28. The van der Waals surface area contributed by atoms with Gasteiger partial charge in [-0.25, -0.2) is 17.5 Å². The van der Waals surface area contributed by atoms with Crippen LogP contribution in [-0.4, -0.2) is 26.4 Å². The molecule has 112 valence electrons. The van der Waals surface area contributed by atoms with Crippen molar-refractivity contribution in [2.24, 2.45) is 0 Å². The fourth-order valence-electron chi connectivity index (χ4n) is 1.39. The Hall–Kier alpha value is -0.990. The number of carbonyl (C=O) groups excluding carboxylic acids is 1. The van der Waals surface area contributed by atoms with Gasteiger partial charge in [-0.1, -0.05) is 15.9 Å². The third kappa shape index (κ3) is 5.18. The van der Waals surface area contributed by atoms with Crippen LogP contribution in [-0.2, 0) is 14.8 Å². The van der Waals surface area contributed by atoms with Crippen molar-refractivity contribution in [2.45, 2.75) is 31.2 Å². The first-order chi connectivity index (χ1) is 9.01. The third-order valence-electron chi connectivity index (χ3n) is 2.12. The maximum absolute atomic E-state index is 13.6. The summed E-state index contributed by atoms with van der Waals surface area (Å²) in [5.41, 5.74) is -0.467. The van der Waals surface area contributed by atoms with Crippen LogP contribution in [0.25, 0.3) is 0 Å². The molecule has 1 amide bonds. The maximum atomic E-state index is 13.6. The molecule has 5 nitrogen and oxygen atoms in total. The van der Waals surface area contributed by atoms with Crippen LogP contribution in [0.1, 0.15) is 20.8 Å². The van der Waals surface area contributed by atoms with Crippen molar-refractivity contribution >= 4 is 31.9 Å². The van der Waals surface area contributed by atoms with Gasteiger partial charge < -0.3 is 5.32 Å². The summed E-state index contributed by atoms with van der Waals surface area (Å²) in [4.78, 5) is 11.0. The van der Waals surface area contributed by atoms with Crippen LogP contribution in [0, 0.1) is 5.82 Å². The Morgan fingerprint density at radius 2 is 1.95 bits per heavy atom. The third-order valence-corrected chi connectivity index (χ3v) is 4.05. The summed E-state index contributed by atoms with van der Waals surface area (Å²) in [6, 6.07) is 3.58. The zero-order valence-corrected chi connectivity index (χ0v) is 13.7. The molecule has 0 aromatic heterocycles. The highest BCUT2D eigenvalue weighted by atomic mass is 79.9. The molecule has 0 saturated carbocycles. The Morgan fingerprint density at radius 3 is 2.45 bits per heavy atom. The Bertz CT molecular complexity index is 612. The van der Waals surface area contributed by atoms with Crippen molar-refractivity contribution in [2.75, 3.05) is 6.54 Å². The molecule has 0 radical (unpaired) electrons. The van der Waals surface area contributed by atoms with Gasteiger partial charge in [0.15, 0.2) is 0 Å². The molecular weight excluding hydrogens is 351 g/mol. The molecule has 0 heterocycles. The number of nitrogens with one attached hydrogen (secondary N) is 2. The summed E-state index contributed by atoms with van der Waals surface area (Å²) in [7, 11) is -4.07. The number of halogens is 2. The Balaban J connectivity index is 2.78. The molecule has 2 N–H and O–H groups in total. The van der Waals surface area contributed by atoms with E-state index in [9.17, 15) is 17.6 Å². The standard InChI is InChI=1S/C12H16BrFN2O3S/c1-12(2,3)16-11(17)7-15-20(18,19)10-5-4-8(13)6-9(10)14/h4-6,15H,7H2,1-3H3,(H,16,17). The number of rotatable bonds is 4. The fourth-order valence-corrected chi connectivity index (χ4v) is 2.77. The van der Waals surface area contributed by atoms with Gasteiger partial charge in [0, 0.05) is 10.0 Å². The Labute approximate surface area is 126 Å². The molecule has 0 saturated heterocycles. The smallest absolute Gasteiger partial charge is 0.243 e. The van der Waals surface area contributed by atoms with Crippen molar-refractivity contribution in [3.63, 3.8) is 0 Å². The first kappa shape index (κ1) is 17.1. The van der Waals surface area contributed by atoms with Crippen molar-refractivity contribution in [1.29, 1.82) is 0 Å². The van der Waals surface area contributed by atoms with Crippen LogP contribution in [0.2, 0.25) is 0 Å². The zero-order valence-electron chi connectivity index (χ0n) is 11.3. The molecule has 8 heteroatoms. The second kappa shape index (κ2) is 6.19. The lowest BCUT2D eigenvalue weighted by atomic mass is 10.1. The second-order valence-electron chi connectivity index (χ2n) is 5.20. The van der Waals surface area contributed by atoms with E-state index in [2.05, 4.69) is 26.0 Å². The van der Waals surface area contributed by atoms with Crippen molar-refractivity contribution in [1.82, 2.24) is 10.0 Å². The number of hydrogen-bond acceptors (Lipinski definition) is 3. The highest BCUT2D eigenvalue weighted by Crippen LogP contribution is 2.19. The largest absolute Gasteiger partial charge is 0.350 e. The lowest BCUT2D eigenvalue weighted by Gasteiger charge is -2.20. The van der Waals surface area contributed by atoms with E-state index in [-0.39, 0.29) is 0 Å². The predicted molar refractivity (Wildman–Crippen MR) is 77.2 cm³/mol. The zero-order chi connectivity index (χ0) is 15.6. The van der Waals surface area contributed by atoms with Crippen molar-refractivity contribution in [3.05, 3.63) is 28.5 Å². The molecule has 0 fully saturated rings. The van der Waals surface area contributed by atoms with Crippen LogP contribution in [0.4, 0.5) is 4.39 Å². The summed E-state index contributed by atoms with van der Waals surface area (Å²) in [6.45, 7) is 4.87. The number of hydrogen-bond donors (Lipinski definition) is 2. The molecular formula is C12H16BrFN2O3S. The molecule has 1 aromatic rings. The average molecular weight is 367 g/mol. The minimum Gasteiger partial charge on any atom is -0.350 e.